The van der Waals surface area contributed by atoms with Crippen molar-refractivity contribution in [2.24, 2.45) is 5.92 Å². The van der Waals surface area contributed by atoms with Gasteiger partial charge in [0.15, 0.2) is 11.6 Å². The van der Waals surface area contributed by atoms with Crippen LogP contribution < -0.4 is 4.74 Å². The summed E-state index contributed by atoms with van der Waals surface area (Å²) in [5, 5.41) is 8.75. The molecule has 1 fully saturated rings. The first kappa shape index (κ1) is 21.8. The second kappa shape index (κ2) is 10.2. The average Bonchev–Trinajstić information content (AvgIpc) is 3.46. The lowest BCUT2D eigenvalue weighted by Crippen LogP contribution is -2.36. The maximum absolute atomic E-state index is 14.0. The summed E-state index contributed by atoms with van der Waals surface area (Å²) in [5.74, 6) is 0.0697. The molecule has 1 aromatic rings. The van der Waals surface area contributed by atoms with Crippen LogP contribution in [0.15, 0.2) is 30.4 Å². The zero-order chi connectivity index (χ0) is 19.9. The zero-order valence-electron chi connectivity index (χ0n) is 15.8. The van der Waals surface area contributed by atoms with Crippen LogP contribution in [0.2, 0.25) is 0 Å². The monoisotopic (exact) mass is 401 g/mol. The van der Waals surface area contributed by atoms with Crippen molar-refractivity contribution in [2.75, 3.05) is 32.8 Å². The number of aliphatic hydroxyl groups is 1. The van der Waals surface area contributed by atoms with Crippen LogP contribution >= 0.6 is 0 Å². The SMILES string of the molecule is COCN([C@H](C)c1ccc(F)c(OCC2CC2)c1)S(=O)(=O)CCC=CCO. The van der Waals surface area contributed by atoms with Crippen LogP contribution in [-0.4, -0.2) is 50.6 Å². The summed E-state index contributed by atoms with van der Waals surface area (Å²) in [4.78, 5) is 0. The fourth-order valence-electron chi connectivity index (χ4n) is 2.64. The van der Waals surface area contributed by atoms with Gasteiger partial charge in [0.1, 0.15) is 6.73 Å². The highest BCUT2D eigenvalue weighted by Gasteiger charge is 2.28. The normalized spacial score (nSPS) is 16.2. The summed E-state index contributed by atoms with van der Waals surface area (Å²) in [6.45, 7) is 1.98. The smallest absolute Gasteiger partial charge is 0.216 e. The molecule has 8 heteroatoms. The molecular weight excluding hydrogens is 373 g/mol. The number of halogens is 1. The lowest BCUT2D eigenvalue weighted by molar-refractivity contribution is 0.0974. The van der Waals surface area contributed by atoms with E-state index in [9.17, 15) is 12.8 Å². The third-order valence-electron chi connectivity index (χ3n) is 4.47. The highest BCUT2D eigenvalue weighted by Crippen LogP contribution is 2.32. The van der Waals surface area contributed by atoms with E-state index < -0.39 is 21.9 Å². The van der Waals surface area contributed by atoms with Gasteiger partial charge in [-0.3, -0.25) is 0 Å². The van der Waals surface area contributed by atoms with E-state index >= 15 is 0 Å². The topological polar surface area (TPSA) is 76.1 Å². The molecule has 0 aromatic heterocycles. The summed E-state index contributed by atoms with van der Waals surface area (Å²) < 4.78 is 51.3. The summed E-state index contributed by atoms with van der Waals surface area (Å²) in [6, 6.07) is 3.89. The second-order valence-electron chi connectivity index (χ2n) is 6.68. The Morgan fingerprint density at radius 3 is 2.74 bits per heavy atom. The van der Waals surface area contributed by atoms with Gasteiger partial charge in [-0.1, -0.05) is 18.2 Å². The van der Waals surface area contributed by atoms with Crippen LogP contribution in [0.3, 0.4) is 0 Å². The average molecular weight is 402 g/mol. The lowest BCUT2D eigenvalue weighted by atomic mass is 10.1. The van der Waals surface area contributed by atoms with Crippen molar-refractivity contribution in [1.82, 2.24) is 4.31 Å². The van der Waals surface area contributed by atoms with Gasteiger partial charge in [0.25, 0.3) is 0 Å². The Kier molecular flexibility index (Phi) is 8.22. The lowest BCUT2D eigenvalue weighted by Gasteiger charge is -2.28. The zero-order valence-corrected chi connectivity index (χ0v) is 16.6. The molecule has 0 unspecified atom stereocenters. The van der Waals surface area contributed by atoms with Gasteiger partial charge in [0.2, 0.25) is 10.0 Å². The largest absolute Gasteiger partial charge is 0.490 e. The van der Waals surface area contributed by atoms with Gasteiger partial charge in [0, 0.05) is 13.2 Å². The molecule has 1 N–H and O–H groups in total. The number of hydrogen-bond acceptors (Lipinski definition) is 5. The number of allylic oxidation sites excluding steroid dienone is 1. The van der Waals surface area contributed by atoms with Crippen molar-refractivity contribution in [1.29, 1.82) is 0 Å². The maximum atomic E-state index is 14.0. The highest BCUT2D eigenvalue weighted by molar-refractivity contribution is 7.89. The number of methoxy groups -OCH3 is 1. The molecule has 6 nitrogen and oxygen atoms in total. The van der Waals surface area contributed by atoms with Gasteiger partial charge >= 0.3 is 0 Å². The van der Waals surface area contributed by atoms with E-state index in [2.05, 4.69) is 0 Å². The molecule has 0 radical (unpaired) electrons. The number of hydrogen-bond donors (Lipinski definition) is 1. The highest BCUT2D eigenvalue weighted by atomic mass is 32.2. The summed E-state index contributed by atoms with van der Waals surface area (Å²) >= 11 is 0. The molecule has 1 aliphatic carbocycles. The molecule has 0 heterocycles. The number of benzene rings is 1. The predicted molar refractivity (Wildman–Crippen MR) is 101 cm³/mol. The fourth-order valence-corrected chi connectivity index (χ4v) is 4.17. The third-order valence-corrected chi connectivity index (χ3v) is 6.36. The van der Waals surface area contributed by atoms with Crippen LogP contribution in [0.5, 0.6) is 5.75 Å². The molecule has 27 heavy (non-hydrogen) atoms. The van der Waals surface area contributed by atoms with E-state index in [-0.39, 0.29) is 31.3 Å². The molecular formula is C19H28FNO5S. The Hall–Kier alpha value is -1.48. The molecule has 0 aliphatic heterocycles. The molecule has 0 saturated heterocycles. The van der Waals surface area contributed by atoms with Gasteiger partial charge in [-0.25, -0.2) is 12.8 Å². The van der Waals surface area contributed by atoms with Crippen molar-refractivity contribution in [3.8, 4) is 5.75 Å². The minimum Gasteiger partial charge on any atom is -0.490 e. The molecule has 0 bridgehead atoms. The van der Waals surface area contributed by atoms with E-state index in [4.69, 9.17) is 14.6 Å². The van der Waals surface area contributed by atoms with Crippen molar-refractivity contribution < 1.29 is 27.4 Å². The van der Waals surface area contributed by atoms with Crippen molar-refractivity contribution in [3.63, 3.8) is 0 Å². The van der Waals surface area contributed by atoms with E-state index in [1.54, 1.807) is 25.1 Å². The molecule has 0 spiro atoms. The fraction of sp³-hybridized carbons (Fsp3) is 0.579. The third kappa shape index (κ3) is 6.57. The van der Waals surface area contributed by atoms with Crippen LogP contribution in [-0.2, 0) is 14.8 Å². The second-order valence-corrected chi connectivity index (χ2v) is 8.72. The quantitative estimate of drug-likeness (QED) is 0.431. The van der Waals surface area contributed by atoms with Gasteiger partial charge in [-0.05, 0) is 49.8 Å². The van der Waals surface area contributed by atoms with Crippen LogP contribution in [0.4, 0.5) is 4.39 Å². The number of nitrogens with zero attached hydrogens (tertiary/aromatic N) is 1. The van der Waals surface area contributed by atoms with Crippen molar-refractivity contribution >= 4 is 10.0 Å². The molecule has 1 aromatic carbocycles. The Morgan fingerprint density at radius 2 is 2.11 bits per heavy atom. The van der Waals surface area contributed by atoms with Crippen LogP contribution in [0.25, 0.3) is 0 Å². The van der Waals surface area contributed by atoms with Crippen LogP contribution in [0.1, 0.15) is 37.8 Å². The van der Waals surface area contributed by atoms with E-state index in [1.807, 2.05) is 0 Å². The van der Waals surface area contributed by atoms with Crippen LogP contribution in [0, 0.1) is 11.7 Å². The molecule has 1 atom stereocenters. The van der Waals surface area contributed by atoms with Gasteiger partial charge in [0.05, 0.1) is 19.0 Å². The Bertz CT molecular complexity index is 734. The first-order chi connectivity index (χ1) is 12.9. The maximum Gasteiger partial charge on any atom is 0.216 e. The predicted octanol–water partition coefficient (Wildman–Crippen LogP) is 2.85. The first-order valence-electron chi connectivity index (χ1n) is 9.05. The molecule has 1 aliphatic rings. The minimum atomic E-state index is -3.61. The number of rotatable bonds is 12. The summed E-state index contributed by atoms with van der Waals surface area (Å²) in [5.41, 5.74) is 0.633. The number of sulfonamides is 1. The van der Waals surface area contributed by atoms with Crippen molar-refractivity contribution in [2.45, 2.75) is 32.2 Å². The van der Waals surface area contributed by atoms with Crippen molar-refractivity contribution in [3.05, 3.63) is 41.7 Å². The Morgan fingerprint density at radius 1 is 1.37 bits per heavy atom. The molecule has 1 saturated carbocycles. The molecule has 0 amide bonds. The molecule has 152 valence electrons. The van der Waals surface area contributed by atoms with E-state index in [0.717, 1.165) is 12.8 Å². The summed E-state index contributed by atoms with van der Waals surface area (Å²) in [7, 11) is -2.18. The van der Waals surface area contributed by atoms with Gasteiger partial charge < -0.3 is 14.6 Å². The van der Waals surface area contributed by atoms with Gasteiger partial charge in [-0.15, -0.1) is 0 Å². The van der Waals surface area contributed by atoms with Gasteiger partial charge in [-0.2, -0.15) is 4.31 Å². The molecule has 2 rings (SSSR count). The number of ether oxygens (including phenoxy) is 2. The Balaban J connectivity index is 2.15. The van der Waals surface area contributed by atoms with E-state index in [0.29, 0.717) is 18.1 Å². The minimum absolute atomic E-state index is 0.108. The Labute approximate surface area is 160 Å². The number of aliphatic hydroxyl groups excluding tert-OH is 1. The standard InChI is InChI=1S/C19H28FNO5S/c1-15(21(14-25-2)27(23,24)11-5-3-4-10-22)17-8-9-18(20)19(12-17)26-13-16-6-7-16/h3-4,8-9,12,15-16,22H,5-7,10-11,13-14H2,1-2H3/t15-/m1/s1. The first-order valence-corrected chi connectivity index (χ1v) is 10.7. The summed E-state index contributed by atoms with van der Waals surface area (Å²) in [6.07, 6.45) is 5.61. The van der Waals surface area contributed by atoms with E-state index in [1.165, 1.54) is 23.6 Å².